The van der Waals surface area contributed by atoms with Crippen molar-refractivity contribution in [1.82, 2.24) is 0 Å². The molecule has 0 fully saturated rings. The van der Waals surface area contributed by atoms with Crippen molar-refractivity contribution in [3.63, 3.8) is 0 Å². The molecule has 1 aliphatic heterocycles. The number of aryl methyl sites for hydroxylation is 1. The van der Waals surface area contributed by atoms with Crippen molar-refractivity contribution >= 4 is 43.0 Å². The molecule has 6 nitrogen and oxygen atoms in total. The fourth-order valence-electron chi connectivity index (χ4n) is 3.44. The SMILES string of the molecule is O=S(=O)(Nc1ccc2c(c1)CCCN2S(=O)(=O)c1ccccc1)c1cccc(Cl)c1. The lowest BCUT2D eigenvalue weighted by Crippen LogP contribution is -2.35. The highest BCUT2D eigenvalue weighted by atomic mass is 35.5. The Morgan fingerprint density at radius 2 is 1.57 bits per heavy atom. The highest BCUT2D eigenvalue weighted by molar-refractivity contribution is 7.93. The number of sulfonamides is 2. The molecule has 0 radical (unpaired) electrons. The van der Waals surface area contributed by atoms with E-state index in [4.69, 9.17) is 11.6 Å². The Balaban J connectivity index is 1.66. The molecule has 0 aliphatic carbocycles. The number of anilines is 2. The van der Waals surface area contributed by atoms with Crippen LogP contribution in [0.1, 0.15) is 12.0 Å². The highest BCUT2D eigenvalue weighted by Gasteiger charge is 2.29. The summed E-state index contributed by atoms with van der Waals surface area (Å²) >= 11 is 5.90. The van der Waals surface area contributed by atoms with Gasteiger partial charge in [0.25, 0.3) is 20.0 Å². The first-order chi connectivity index (χ1) is 14.3. The van der Waals surface area contributed by atoms with Gasteiger partial charge in [0.2, 0.25) is 0 Å². The van der Waals surface area contributed by atoms with E-state index in [9.17, 15) is 16.8 Å². The van der Waals surface area contributed by atoms with Crippen LogP contribution in [0.4, 0.5) is 11.4 Å². The Morgan fingerprint density at radius 3 is 2.30 bits per heavy atom. The van der Waals surface area contributed by atoms with Crippen LogP contribution in [0.3, 0.4) is 0 Å². The molecule has 1 heterocycles. The lowest BCUT2D eigenvalue weighted by Gasteiger charge is -2.31. The van der Waals surface area contributed by atoms with Crippen LogP contribution in [0.15, 0.2) is 82.6 Å². The second kappa shape index (κ2) is 7.94. The zero-order chi connectivity index (χ0) is 21.4. The molecule has 1 N–H and O–H groups in total. The molecule has 30 heavy (non-hydrogen) atoms. The van der Waals surface area contributed by atoms with Crippen molar-refractivity contribution in [2.75, 3.05) is 15.6 Å². The molecule has 0 saturated heterocycles. The smallest absolute Gasteiger partial charge is 0.264 e. The van der Waals surface area contributed by atoms with Crippen LogP contribution in [-0.4, -0.2) is 23.4 Å². The fraction of sp³-hybridized carbons (Fsp3) is 0.143. The van der Waals surface area contributed by atoms with Gasteiger partial charge in [-0.25, -0.2) is 16.8 Å². The molecular weight excluding hydrogens is 444 g/mol. The molecule has 0 bridgehead atoms. The van der Waals surface area contributed by atoms with Gasteiger partial charge in [-0.3, -0.25) is 9.03 Å². The zero-order valence-corrected chi connectivity index (χ0v) is 18.2. The summed E-state index contributed by atoms with van der Waals surface area (Å²) in [6.45, 7) is 0.373. The van der Waals surface area contributed by atoms with Crippen LogP contribution < -0.4 is 9.03 Å². The Labute approximate surface area is 181 Å². The Hall–Kier alpha value is -2.55. The molecule has 0 spiro atoms. The van der Waals surface area contributed by atoms with Crippen molar-refractivity contribution in [2.45, 2.75) is 22.6 Å². The summed E-state index contributed by atoms with van der Waals surface area (Å²) in [5.74, 6) is 0. The van der Waals surface area contributed by atoms with Gasteiger partial charge in [-0.1, -0.05) is 35.9 Å². The molecule has 9 heteroatoms. The predicted molar refractivity (Wildman–Crippen MR) is 118 cm³/mol. The Morgan fingerprint density at radius 1 is 0.833 bits per heavy atom. The molecule has 0 amide bonds. The van der Waals surface area contributed by atoms with Gasteiger partial charge in [-0.05, 0) is 66.9 Å². The van der Waals surface area contributed by atoms with Crippen molar-refractivity contribution in [1.29, 1.82) is 0 Å². The molecule has 0 unspecified atom stereocenters. The van der Waals surface area contributed by atoms with Gasteiger partial charge in [0.15, 0.2) is 0 Å². The molecular formula is C21H19ClN2O4S2. The monoisotopic (exact) mass is 462 g/mol. The number of halogens is 1. The Bertz CT molecular complexity index is 1290. The predicted octanol–water partition coefficient (Wildman–Crippen LogP) is 4.28. The average Bonchev–Trinajstić information content (AvgIpc) is 2.73. The first kappa shape index (κ1) is 20.7. The van der Waals surface area contributed by atoms with E-state index in [0.29, 0.717) is 35.8 Å². The molecule has 0 atom stereocenters. The van der Waals surface area contributed by atoms with Gasteiger partial charge >= 0.3 is 0 Å². The summed E-state index contributed by atoms with van der Waals surface area (Å²) in [5, 5.41) is 0.324. The quantitative estimate of drug-likeness (QED) is 0.613. The van der Waals surface area contributed by atoms with E-state index in [1.165, 1.54) is 16.4 Å². The average molecular weight is 463 g/mol. The van der Waals surface area contributed by atoms with Crippen LogP contribution in [0.2, 0.25) is 5.02 Å². The summed E-state index contributed by atoms with van der Waals surface area (Å²) in [6.07, 6.45) is 1.30. The van der Waals surface area contributed by atoms with E-state index in [0.717, 1.165) is 5.56 Å². The summed E-state index contributed by atoms with van der Waals surface area (Å²) in [6, 6.07) is 19.2. The third kappa shape index (κ3) is 4.03. The number of hydrogen-bond donors (Lipinski definition) is 1. The van der Waals surface area contributed by atoms with E-state index in [1.807, 2.05) is 0 Å². The van der Waals surface area contributed by atoms with E-state index in [2.05, 4.69) is 4.72 Å². The lowest BCUT2D eigenvalue weighted by atomic mass is 10.0. The maximum Gasteiger partial charge on any atom is 0.264 e. The molecule has 1 aliphatic rings. The number of hydrogen-bond acceptors (Lipinski definition) is 4. The maximum absolute atomic E-state index is 13.1. The second-order valence-electron chi connectivity index (χ2n) is 6.90. The summed E-state index contributed by atoms with van der Waals surface area (Å²) in [7, 11) is -7.50. The third-order valence-corrected chi connectivity index (χ3v) is 8.29. The van der Waals surface area contributed by atoms with E-state index < -0.39 is 20.0 Å². The van der Waals surface area contributed by atoms with Crippen LogP contribution in [0.5, 0.6) is 0 Å². The number of nitrogens with one attached hydrogen (secondary N) is 1. The topological polar surface area (TPSA) is 83.6 Å². The number of benzene rings is 3. The molecule has 0 aromatic heterocycles. The van der Waals surface area contributed by atoms with Gasteiger partial charge in [-0.15, -0.1) is 0 Å². The van der Waals surface area contributed by atoms with Crippen molar-refractivity contribution < 1.29 is 16.8 Å². The summed E-state index contributed by atoms with van der Waals surface area (Å²) in [4.78, 5) is 0.282. The molecule has 156 valence electrons. The minimum Gasteiger partial charge on any atom is -0.280 e. The van der Waals surface area contributed by atoms with E-state index in [-0.39, 0.29) is 9.79 Å². The van der Waals surface area contributed by atoms with Crippen molar-refractivity contribution in [2.24, 2.45) is 0 Å². The number of nitrogens with zero attached hydrogens (tertiary/aromatic N) is 1. The number of rotatable bonds is 5. The van der Waals surface area contributed by atoms with Crippen LogP contribution >= 0.6 is 11.6 Å². The van der Waals surface area contributed by atoms with E-state index >= 15 is 0 Å². The van der Waals surface area contributed by atoms with Crippen LogP contribution in [-0.2, 0) is 26.5 Å². The summed E-state index contributed by atoms with van der Waals surface area (Å²) < 4.78 is 55.4. The van der Waals surface area contributed by atoms with Crippen molar-refractivity contribution in [3.8, 4) is 0 Å². The van der Waals surface area contributed by atoms with Crippen LogP contribution in [0.25, 0.3) is 0 Å². The Kier molecular flexibility index (Phi) is 5.48. The highest BCUT2D eigenvalue weighted by Crippen LogP contribution is 2.34. The molecule has 4 rings (SSSR count). The fourth-order valence-corrected chi connectivity index (χ4v) is 6.36. The van der Waals surface area contributed by atoms with Gasteiger partial charge in [-0.2, -0.15) is 0 Å². The molecule has 0 saturated carbocycles. The molecule has 3 aromatic rings. The first-order valence-corrected chi connectivity index (χ1v) is 12.6. The standard InChI is InChI=1S/C21H19ClN2O4S2/c22-17-7-4-10-20(15-17)29(25,26)23-18-11-12-21-16(14-18)6-5-13-24(21)30(27,28)19-8-2-1-3-9-19/h1-4,7-12,14-15,23H,5-6,13H2. The lowest BCUT2D eigenvalue weighted by molar-refractivity contribution is 0.586. The zero-order valence-electron chi connectivity index (χ0n) is 15.8. The largest absolute Gasteiger partial charge is 0.280 e. The third-order valence-electron chi connectivity index (χ3n) is 4.85. The van der Waals surface area contributed by atoms with E-state index in [1.54, 1.807) is 60.7 Å². The van der Waals surface area contributed by atoms with Gasteiger partial charge in [0, 0.05) is 17.3 Å². The maximum atomic E-state index is 13.1. The van der Waals surface area contributed by atoms with Gasteiger partial charge in [0.1, 0.15) is 0 Å². The minimum absolute atomic E-state index is 0.0565. The number of fused-ring (bicyclic) bond motifs is 1. The normalized spacial score (nSPS) is 14.2. The minimum atomic E-state index is -3.81. The van der Waals surface area contributed by atoms with Crippen LogP contribution in [0, 0.1) is 0 Å². The molecule has 3 aromatic carbocycles. The second-order valence-corrected chi connectivity index (χ2v) is 10.9. The van der Waals surface area contributed by atoms with Gasteiger partial charge < -0.3 is 0 Å². The van der Waals surface area contributed by atoms with Crippen molar-refractivity contribution in [3.05, 3.63) is 83.4 Å². The van der Waals surface area contributed by atoms with Gasteiger partial charge in [0.05, 0.1) is 15.5 Å². The first-order valence-electron chi connectivity index (χ1n) is 9.26. The summed E-state index contributed by atoms with van der Waals surface area (Å²) in [5.41, 5.74) is 1.70.